The van der Waals surface area contributed by atoms with Gasteiger partial charge in [0.25, 0.3) is 0 Å². The van der Waals surface area contributed by atoms with Gasteiger partial charge in [0.2, 0.25) is 5.91 Å². The van der Waals surface area contributed by atoms with Crippen LogP contribution in [0.2, 0.25) is 5.02 Å². The van der Waals surface area contributed by atoms with E-state index in [0.29, 0.717) is 10.6 Å². The number of carbonyl (C=O) groups is 3. The summed E-state index contributed by atoms with van der Waals surface area (Å²) < 4.78 is 0. The molecule has 1 aromatic carbocycles. The van der Waals surface area contributed by atoms with E-state index in [1.807, 2.05) is 5.43 Å². The van der Waals surface area contributed by atoms with Gasteiger partial charge in [0.1, 0.15) is 0 Å². The van der Waals surface area contributed by atoms with Crippen molar-refractivity contribution in [1.29, 1.82) is 0 Å². The Bertz CT molecular complexity index is 490. The Morgan fingerprint density at radius 1 is 1.05 bits per heavy atom. The zero-order valence-corrected chi connectivity index (χ0v) is 11.2. The van der Waals surface area contributed by atoms with Gasteiger partial charge < -0.3 is 10.4 Å². The highest BCUT2D eigenvalue weighted by Crippen LogP contribution is 2.09. The van der Waals surface area contributed by atoms with Gasteiger partial charge >= 0.3 is 11.8 Å². The average molecular weight is 300 g/mol. The summed E-state index contributed by atoms with van der Waals surface area (Å²) in [5.41, 5.74) is 4.79. The number of hydrogen-bond acceptors (Lipinski definition) is 4. The minimum Gasteiger partial charge on any atom is -0.395 e. The van der Waals surface area contributed by atoms with Crippen molar-refractivity contribution < 1.29 is 19.5 Å². The molecule has 0 atom stereocenters. The number of amides is 3. The van der Waals surface area contributed by atoms with Crippen LogP contribution < -0.4 is 16.2 Å². The molecule has 0 aliphatic rings. The van der Waals surface area contributed by atoms with Crippen molar-refractivity contribution in [1.82, 2.24) is 16.2 Å². The third-order valence-corrected chi connectivity index (χ3v) is 2.45. The number of hydrazine groups is 1. The first kappa shape index (κ1) is 15.9. The summed E-state index contributed by atoms with van der Waals surface area (Å²) in [6, 6.07) is 6.64. The third kappa shape index (κ3) is 5.68. The highest BCUT2D eigenvalue weighted by atomic mass is 35.5. The van der Waals surface area contributed by atoms with Crippen molar-refractivity contribution >= 4 is 29.3 Å². The zero-order valence-electron chi connectivity index (χ0n) is 10.5. The van der Waals surface area contributed by atoms with Gasteiger partial charge in [-0.15, -0.1) is 0 Å². The van der Waals surface area contributed by atoms with Crippen molar-refractivity contribution in [2.45, 2.75) is 6.42 Å². The van der Waals surface area contributed by atoms with Crippen LogP contribution in [-0.4, -0.2) is 36.0 Å². The van der Waals surface area contributed by atoms with E-state index in [-0.39, 0.29) is 19.6 Å². The fourth-order valence-corrected chi connectivity index (χ4v) is 1.39. The van der Waals surface area contributed by atoms with E-state index in [1.54, 1.807) is 24.3 Å². The van der Waals surface area contributed by atoms with Crippen molar-refractivity contribution in [3.63, 3.8) is 0 Å². The van der Waals surface area contributed by atoms with Crippen LogP contribution in [-0.2, 0) is 20.8 Å². The number of halogens is 1. The zero-order chi connectivity index (χ0) is 15.0. The average Bonchev–Trinajstić information content (AvgIpc) is 2.44. The molecule has 8 heteroatoms. The lowest BCUT2D eigenvalue weighted by molar-refractivity contribution is -0.140. The highest BCUT2D eigenvalue weighted by molar-refractivity contribution is 6.35. The molecule has 0 bridgehead atoms. The van der Waals surface area contributed by atoms with Gasteiger partial charge in [0.15, 0.2) is 0 Å². The van der Waals surface area contributed by atoms with Crippen molar-refractivity contribution in [3.8, 4) is 0 Å². The molecule has 0 aliphatic carbocycles. The van der Waals surface area contributed by atoms with E-state index in [0.717, 1.165) is 0 Å². The molecule has 0 saturated heterocycles. The van der Waals surface area contributed by atoms with Gasteiger partial charge in [-0.05, 0) is 17.7 Å². The predicted molar refractivity (Wildman–Crippen MR) is 71.5 cm³/mol. The van der Waals surface area contributed by atoms with E-state index in [1.165, 1.54) is 0 Å². The highest BCUT2D eigenvalue weighted by Gasteiger charge is 2.13. The first-order chi connectivity index (χ1) is 9.52. The summed E-state index contributed by atoms with van der Waals surface area (Å²) in [6.45, 7) is -0.313. The number of benzene rings is 1. The fourth-order valence-electron chi connectivity index (χ4n) is 1.26. The first-order valence-electron chi connectivity index (χ1n) is 5.75. The SMILES string of the molecule is O=C(Cc1ccc(Cl)cc1)NNC(=O)C(=O)NCCO. The van der Waals surface area contributed by atoms with Gasteiger partial charge in [0, 0.05) is 11.6 Å². The first-order valence-corrected chi connectivity index (χ1v) is 6.13. The molecule has 1 rings (SSSR count). The van der Waals surface area contributed by atoms with Gasteiger partial charge in [-0.1, -0.05) is 23.7 Å². The quantitative estimate of drug-likeness (QED) is 0.428. The molecular weight excluding hydrogens is 286 g/mol. The van der Waals surface area contributed by atoms with Crippen LogP contribution in [0.4, 0.5) is 0 Å². The summed E-state index contributed by atoms with van der Waals surface area (Å²) in [7, 11) is 0. The second-order valence-electron chi connectivity index (χ2n) is 3.79. The number of rotatable bonds is 4. The van der Waals surface area contributed by atoms with Gasteiger partial charge in [-0.2, -0.15) is 0 Å². The standard InChI is InChI=1S/C12H14ClN3O4/c13-9-3-1-8(2-4-9)7-10(18)15-16-12(20)11(19)14-5-6-17/h1-4,17H,5-7H2,(H,14,19)(H,15,18)(H,16,20). The molecule has 3 amide bonds. The van der Waals surface area contributed by atoms with E-state index >= 15 is 0 Å². The molecule has 0 aliphatic heterocycles. The van der Waals surface area contributed by atoms with Crippen LogP contribution in [0.3, 0.4) is 0 Å². The minimum absolute atomic E-state index is 0.0367. The monoisotopic (exact) mass is 299 g/mol. The molecule has 0 unspecified atom stereocenters. The van der Waals surface area contributed by atoms with Gasteiger partial charge in [-0.3, -0.25) is 25.2 Å². The number of nitrogens with one attached hydrogen (secondary N) is 3. The van der Waals surface area contributed by atoms with Crippen molar-refractivity contribution in [2.75, 3.05) is 13.2 Å². The summed E-state index contributed by atoms with van der Waals surface area (Å²) in [5.74, 6) is -2.43. The maximum atomic E-state index is 11.5. The predicted octanol–water partition coefficient (Wildman–Crippen LogP) is -0.862. The fraction of sp³-hybridized carbons (Fsp3) is 0.250. The van der Waals surface area contributed by atoms with Crippen LogP contribution >= 0.6 is 11.6 Å². The van der Waals surface area contributed by atoms with Crippen LogP contribution in [0.5, 0.6) is 0 Å². The van der Waals surface area contributed by atoms with Crippen molar-refractivity contribution in [2.24, 2.45) is 0 Å². The Balaban J connectivity index is 2.34. The number of hydrogen-bond donors (Lipinski definition) is 4. The summed E-state index contributed by atoms with van der Waals surface area (Å²) in [6.07, 6.45) is 0.0374. The lowest BCUT2D eigenvalue weighted by Crippen LogP contribution is -2.49. The van der Waals surface area contributed by atoms with Crippen LogP contribution in [0, 0.1) is 0 Å². The van der Waals surface area contributed by atoms with E-state index in [4.69, 9.17) is 16.7 Å². The molecule has 0 fully saturated rings. The molecule has 0 radical (unpaired) electrons. The molecule has 0 aromatic heterocycles. The Kier molecular flexibility index (Phi) is 6.48. The molecule has 4 N–H and O–H groups in total. The second-order valence-corrected chi connectivity index (χ2v) is 4.22. The molecule has 20 heavy (non-hydrogen) atoms. The minimum atomic E-state index is -1.01. The molecular formula is C12H14ClN3O4. The van der Waals surface area contributed by atoms with Crippen LogP contribution in [0.25, 0.3) is 0 Å². The van der Waals surface area contributed by atoms with Gasteiger partial charge in [-0.25, -0.2) is 0 Å². The molecule has 108 valence electrons. The Labute approximate surface area is 120 Å². The molecule has 1 aromatic rings. The van der Waals surface area contributed by atoms with Crippen molar-refractivity contribution in [3.05, 3.63) is 34.9 Å². The lowest BCUT2D eigenvalue weighted by Gasteiger charge is -2.07. The largest absolute Gasteiger partial charge is 0.395 e. The topological polar surface area (TPSA) is 108 Å². The summed E-state index contributed by atoms with van der Waals surface area (Å²) >= 11 is 5.71. The van der Waals surface area contributed by atoms with E-state index < -0.39 is 17.7 Å². The molecule has 0 spiro atoms. The van der Waals surface area contributed by atoms with Crippen LogP contribution in [0.1, 0.15) is 5.56 Å². The van der Waals surface area contributed by atoms with Crippen LogP contribution in [0.15, 0.2) is 24.3 Å². The Morgan fingerprint density at radius 3 is 2.30 bits per heavy atom. The summed E-state index contributed by atoms with van der Waals surface area (Å²) in [5, 5.41) is 11.2. The summed E-state index contributed by atoms with van der Waals surface area (Å²) in [4.78, 5) is 33.8. The normalized spacial score (nSPS) is 9.70. The lowest BCUT2D eigenvalue weighted by atomic mass is 10.1. The third-order valence-electron chi connectivity index (χ3n) is 2.20. The number of carbonyl (C=O) groups excluding carboxylic acids is 3. The second kappa shape index (κ2) is 8.13. The Hall–Kier alpha value is -2.12. The number of aliphatic hydroxyl groups excluding tert-OH is 1. The van der Waals surface area contributed by atoms with Gasteiger partial charge in [0.05, 0.1) is 13.0 Å². The molecule has 0 heterocycles. The smallest absolute Gasteiger partial charge is 0.327 e. The molecule has 7 nitrogen and oxygen atoms in total. The van der Waals surface area contributed by atoms with E-state index in [9.17, 15) is 14.4 Å². The maximum Gasteiger partial charge on any atom is 0.327 e. The maximum absolute atomic E-state index is 11.5. The van der Waals surface area contributed by atoms with E-state index in [2.05, 4.69) is 10.7 Å². The number of aliphatic hydroxyl groups is 1. The Morgan fingerprint density at radius 2 is 1.70 bits per heavy atom. The molecule has 0 saturated carbocycles.